The van der Waals surface area contributed by atoms with Crippen molar-refractivity contribution in [3.8, 4) is 5.75 Å². The van der Waals surface area contributed by atoms with E-state index in [9.17, 15) is 0 Å². The van der Waals surface area contributed by atoms with E-state index < -0.39 is 0 Å². The highest BCUT2D eigenvalue weighted by Gasteiger charge is 2.21. The van der Waals surface area contributed by atoms with E-state index in [2.05, 4.69) is 46.3 Å². The average molecular weight is 340 g/mol. The van der Waals surface area contributed by atoms with Crippen LogP contribution in [0.5, 0.6) is 5.75 Å². The number of rotatable bonds is 6. The van der Waals surface area contributed by atoms with Crippen LogP contribution in [0.3, 0.4) is 0 Å². The summed E-state index contributed by atoms with van der Waals surface area (Å²) in [5.74, 6) is 0.913. The van der Waals surface area contributed by atoms with Gasteiger partial charge in [-0.3, -0.25) is 9.88 Å². The first kappa shape index (κ1) is 17.5. The van der Waals surface area contributed by atoms with Crippen molar-refractivity contribution in [3.63, 3.8) is 0 Å². The number of aromatic nitrogens is 1. The molecule has 0 spiro atoms. The first-order valence-electron chi connectivity index (χ1n) is 8.89. The van der Waals surface area contributed by atoms with Gasteiger partial charge >= 0.3 is 0 Å². The van der Waals surface area contributed by atoms with E-state index in [-0.39, 0.29) is 0 Å². The third kappa shape index (κ3) is 4.42. The molecule has 0 saturated carbocycles. The summed E-state index contributed by atoms with van der Waals surface area (Å²) >= 11 is 0. The van der Waals surface area contributed by atoms with Gasteiger partial charge in [0.15, 0.2) is 0 Å². The van der Waals surface area contributed by atoms with Crippen molar-refractivity contribution in [1.29, 1.82) is 0 Å². The number of nitrogens with one attached hydrogen (secondary N) is 1. The van der Waals surface area contributed by atoms with E-state index in [4.69, 9.17) is 4.74 Å². The molecule has 1 N–H and O–H groups in total. The van der Waals surface area contributed by atoms with Crippen LogP contribution in [0.15, 0.2) is 42.7 Å². The number of piperidine rings is 1. The van der Waals surface area contributed by atoms with Gasteiger partial charge in [0.1, 0.15) is 5.75 Å². The van der Waals surface area contributed by atoms with Crippen LogP contribution in [-0.4, -0.2) is 50.2 Å². The number of likely N-dealkylation sites (tertiary alicyclic amines) is 1. The Morgan fingerprint density at radius 3 is 2.68 bits per heavy atom. The maximum atomic E-state index is 5.44. The summed E-state index contributed by atoms with van der Waals surface area (Å²) in [5, 5.41) is 3.64. The fourth-order valence-electron chi connectivity index (χ4n) is 3.44. The fraction of sp³-hybridized carbons (Fsp3) is 0.450. The zero-order chi connectivity index (χ0) is 17.6. The third-order valence-electron chi connectivity index (χ3n) is 4.81. The summed E-state index contributed by atoms with van der Waals surface area (Å²) in [6.07, 6.45) is 6.13. The monoisotopic (exact) mass is 340 g/mol. The highest BCUT2D eigenvalue weighted by atomic mass is 16.5. The molecule has 2 aromatic rings. The predicted molar refractivity (Wildman–Crippen MR) is 103 cm³/mol. The van der Waals surface area contributed by atoms with Crippen molar-refractivity contribution in [3.05, 3.63) is 48.3 Å². The van der Waals surface area contributed by atoms with Gasteiger partial charge in [0.05, 0.1) is 12.8 Å². The van der Waals surface area contributed by atoms with Gasteiger partial charge in [0.25, 0.3) is 0 Å². The van der Waals surface area contributed by atoms with Crippen molar-refractivity contribution in [1.82, 2.24) is 9.88 Å². The Bertz CT molecular complexity index is 681. The molecule has 0 unspecified atom stereocenters. The van der Waals surface area contributed by atoms with Crippen molar-refractivity contribution < 1.29 is 4.74 Å². The molecule has 134 valence electrons. The molecule has 3 rings (SSSR count). The van der Waals surface area contributed by atoms with Crippen molar-refractivity contribution in [2.24, 2.45) is 0 Å². The molecule has 1 aliphatic heterocycles. The van der Waals surface area contributed by atoms with Gasteiger partial charge in [-0.2, -0.15) is 0 Å². The normalized spacial score (nSPS) is 15.8. The second kappa shape index (κ2) is 8.21. The number of anilines is 2. The molecule has 0 bridgehead atoms. The fourth-order valence-corrected chi connectivity index (χ4v) is 3.44. The number of hydrogen-bond acceptors (Lipinski definition) is 5. The maximum absolute atomic E-state index is 5.44. The molecular formula is C20H28N4O. The largest absolute Gasteiger partial charge is 0.495 e. The Balaban J connectivity index is 1.56. The van der Waals surface area contributed by atoms with Crippen LogP contribution in [0.4, 0.5) is 11.4 Å². The highest BCUT2D eigenvalue weighted by molar-refractivity contribution is 5.56. The number of para-hydroxylation sites is 2. The lowest BCUT2D eigenvalue weighted by molar-refractivity contribution is 0.211. The molecule has 0 radical (unpaired) electrons. The van der Waals surface area contributed by atoms with Crippen LogP contribution >= 0.6 is 0 Å². The summed E-state index contributed by atoms with van der Waals surface area (Å²) in [4.78, 5) is 8.98. The molecule has 5 nitrogen and oxygen atoms in total. The van der Waals surface area contributed by atoms with Gasteiger partial charge in [0.2, 0.25) is 0 Å². The van der Waals surface area contributed by atoms with Gasteiger partial charge in [-0.05, 0) is 31.0 Å². The summed E-state index contributed by atoms with van der Waals surface area (Å²) in [5.41, 5.74) is 3.64. The predicted octanol–water partition coefficient (Wildman–Crippen LogP) is 3.23. The molecular weight excluding hydrogens is 312 g/mol. The number of benzene rings is 1. The molecule has 1 aromatic heterocycles. The molecule has 0 amide bonds. The van der Waals surface area contributed by atoms with E-state index in [0.717, 1.165) is 43.9 Å². The molecule has 1 aromatic carbocycles. The van der Waals surface area contributed by atoms with Crippen LogP contribution in [0.2, 0.25) is 0 Å². The average Bonchev–Trinajstić information content (AvgIpc) is 2.64. The molecule has 1 fully saturated rings. The molecule has 1 aliphatic rings. The lowest BCUT2D eigenvalue weighted by Gasteiger charge is -2.33. The number of hydrogen-bond donors (Lipinski definition) is 1. The molecule has 0 aliphatic carbocycles. The zero-order valence-corrected chi connectivity index (χ0v) is 15.4. The molecule has 25 heavy (non-hydrogen) atoms. The van der Waals surface area contributed by atoms with Crippen LogP contribution in [0.25, 0.3) is 0 Å². The van der Waals surface area contributed by atoms with E-state index in [1.807, 2.05) is 30.6 Å². The van der Waals surface area contributed by atoms with E-state index >= 15 is 0 Å². The standard InChI is InChI=1S/C20H28N4O/c1-23(2)19-8-11-21-14-16(19)15-24-12-9-17(10-13-24)22-18-6-4-5-7-20(18)25-3/h4-8,11,14,17,22H,9-10,12-13,15H2,1-3H3. The second-order valence-corrected chi connectivity index (χ2v) is 6.79. The lowest BCUT2D eigenvalue weighted by Crippen LogP contribution is -2.39. The summed E-state index contributed by atoms with van der Waals surface area (Å²) in [6.45, 7) is 3.14. The minimum absolute atomic E-state index is 0.495. The Morgan fingerprint density at radius 1 is 1.20 bits per heavy atom. The van der Waals surface area contributed by atoms with Crippen molar-refractivity contribution >= 4 is 11.4 Å². The number of nitrogens with zero attached hydrogens (tertiary/aromatic N) is 3. The van der Waals surface area contributed by atoms with Crippen LogP contribution in [0, 0.1) is 0 Å². The Labute approximate surface area is 150 Å². The molecule has 2 heterocycles. The van der Waals surface area contributed by atoms with Gasteiger partial charge in [-0.15, -0.1) is 0 Å². The Morgan fingerprint density at radius 2 is 1.96 bits per heavy atom. The van der Waals surface area contributed by atoms with Gasteiger partial charge in [-0.25, -0.2) is 0 Å². The van der Waals surface area contributed by atoms with Gasteiger partial charge < -0.3 is 15.0 Å². The van der Waals surface area contributed by atoms with Crippen molar-refractivity contribution in [2.75, 3.05) is 44.5 Å². The Hall–Kier alpha value is -2.27. The first-order valence-corrected chi connectivity index (χ1v) is 8.89. The minimum atomic E-state index is 0.495. The summed E-state index contributed by atoms with van der Waals surface area (Å²) in [6, 6.07) is 10.7. The van der Waals surface area contributed by atoms with Crippen molar-refractivity contribution in [2.45, 2.75) is 25.4 Å². The zero-order valence-electron chi connectivity index (χ0n) is 15.4. The smallest absolute Gasteiger partial charge is 0.141 e. The number of ether oxygens (including phenoxy) is 1. The van der Waals surface area contributed by atoms with E-state index in [1.54, 1.807) is 7.11 Å². The van der Waals surface area contributed by atoms with Crippen LogP contribution in [-0.2, 0) is 6.54 Å². The van der Waals surface area contributed by atoms with E-state index in [0.29, 0.717) is 6.04 Å². The third-order valence-corrected chi connectivity index (χ3v) is 4.81. The Kier molecular flexibility index (Phi) is 5.76. The quantitative estimate of drug-likeness (QED) is 0.874. The van der Waals surface area contributed by atoms with E-state index in [1.165, 1.54) is 11.3 Å². The summed E-state index contributed by atoms with van der Waals surface area (Å²) in [7, 11) is 5.89. The van der Waals surface area contributed by atoms with Gasteiger partial charge in [-0.1, -0.05) is 12.1 Å². The SMILES string of the molecule is COc1ccccc1NC1CCN(Cc2cnccc2N(C)C)CC1. The molecule has 5 heteroatoms. The molecule has 0 atom stereocenters. The van der Waals surface area contributed by atoms with Crippen LogP contribution < -0.4 is 15.0 Å². The number of methoxy groups -OCH3 is 1. The van der Waals surface area contributed by atoms with Crippen LogP contribution in [0.1, 0.15) is 18.4 Å². The number of pyridine rings is 1. The topological polar surface area (TPSA) is 40.6 Å². The second-order valence-electron chi connectivity index (χ2n) is 6.79. The summed E-state index contributed by atoms with van der Waals surface area (Å²) < 4.78 is 5.44. The lowest BCUT2D eigenvalue weighted by atomic mass is 10.0. The maximum Gasteiger partial charge on any atom is 0.141 e. The first-order chi connectivity index (χ1) is 12.2. The van der Waals surface area contributed by atoms with Gasteiger partial charge in [0, 0.05) is 63.4 Å². The molecule has 1 saturated heterocycles. The highest BCUT2D eigenvalue weighted by Crippen LogP contribution is 2.27. The minimum Gasteiger partial charge on any atom is -0.495 e.